The second-order valence-corrected chi connectivity index (χ2v) is 5.50. The molecule has 0 radical (unpaired) electrons. The zero-order chi connectivity index (χ0) is 16.4. The maximum absolute atomic E-state index is 9.18. The average Bonchev–Trinajstić information content (AvgIpc) is 3.29. The standard InChI is InChI=1S/C18H14N6/c19-8-6-17(13-4-2-1-3-5-13)24-12-14(10-22-24)16-11-21-23-18-15(16)7-9-20-18/h1-5,7,9-12,17H,6H2,(H,20,23)/t17-/m0/s1. The number of nitriles is 1. The number of fused-ring (bicyclic) bond motifs is 1. The third kappa shape index (κ3) is 2.42. The highest BCUT2D eigenvalue weighted by Gasteiger charge is 2.16. The van der Waals surface area contributed by atoms with Gasteiger partial charge in [0.25, 0.3) is 0 Å². The molecular formula is C18H14N6. The first kappa shape index (κ1) is 14.2. The predicted molar refractivity (Wildman–Crippen MR) is 89.9 cm³/mol. The highest BCUT2D eigenvalue weighted by Crippen LogP contribution is 2.28. The second kappa shape index (κ2) is 5.97. The van der Waals surface area contributed by atoms with Crippen LogP contribution < -0.4 is 0 Å². The summed E-state index contributed by atoms with van der Waals surface area (Å²) in [6.07, 6.45) is 7.70. The van der Waals surface area contributed by atoms with E-state index in [1.165, 1.54) is 0 Å². The molecule has 116 valence electrons. The molecule has 0 fully saturated rings. The van der Waals surface area contributed by atoms with Gasteiger partial charge in [0, 0.05) is 28.9 Å². The molecule has 3 aromatic heterocycles. The summed E-state index contributed by atoms with van der Waals surface area (Å²) in [5.41, 5.74) is 3.73. The molecular weight excluding hydrogens is 300 g/mol. The lowest BCUT2D eigenvalue weighted by Gasteiger charge is -2.14. The van der Waals surface area contributed by atoms with Crippen LogP contribution in [0.4, 0.5) is 0 Å². The Bertz CT molecular complexity index is 1010. The van der Waals surface area contributed by atoms with Crippen LogP contribution in [-0.4, -0.2) is 25.0 Å². The molecule has 0 aliphatic heterocycles. The van der Waals surface area contributed by atoms with Crippen molar-refractivity contribution in [3.05, 3.63) is 66.7 Å². The van der Waals surface area contributed by atoms with Crippen molar-refractivity contribution < 1.29 is 0 Å². The average molecular weight is 314 g/mol. The molecule has 24 heavy (non-hydrogen) atoms. The van der Waals surface area contributed by atoms with Crippen molar-refractivity contribution in [2.45, 2.75) is 12.5 Å². The molecule has 0 bridgehead atoms. The van der Waals surface area contributed by atoms with E-state index in [9.17, 15) is 5.26 Å². The summed E-state index contributed by atoms with van der Waals surface area (Å²) in [6.45, 7) is 0. The highest BCUT2D eigenvalue weighted by atomic mass is 15.3. The van der Waals surface area contributed by atoms with Gasteiger partial charge in [0.1, 0.15) is 0 Å². The molecule has 0 unspecified atom stereocenters. The van der Waals surface area contributed by atoms with Crippen LogP contribution in [0.5, 0.6) is 0 Å². The number of aromatic nitrogens is 5. The summed E-state index contributed by atoms with van der Waals surface area (Å²) >= 11 is 0. The number of aromatic amines is 1. The van der Waals surface area contributed by atoms with E-state index in [4.69, 9.17) is 0 Å². The number of hydrogen-bond acceptors (Lipinski definition) is 4. The van der Waals surface area contributed by atoms with Crippen molar-refractivity contribution in [1.82, 2.24) is 25.0 Å². The topological polar surface area (TPSA) is 83.2 Å². The predicted octanol–water partition coefficient (Wildman–Crippen LogP) is 3.32. The van der Waals surface area contributed by atoms with Gasteiger partial charge in [-0.3, -0.25) is 4.68 Å². The van der Waals surface area contributed by atoms with Gasteiger partial charge < -0.3 is 4.98 Å². The van der Waals surface area contributed by atoms with Crippen LogP contribution in [0.25, 0.3) is 22.2 Å². The number of nitrogens with zero attached hydrogens (tertiary/aromatic N) is 5. The molecule has 6 heteroatoms. The van der Waals surface area contributed by atoms with Crippen LogP contribution in [0.15, 0.2) is 61.2 Å². The second-order valence-electron chi connectivity index (χ2n) is 5.50. The molecule has 0 amide bonds. The number of hydrogen-bond donors (Lipinski definition) is 1. The summed E-state index contributed by atoms with van der Waals surface area (Å²) in [6, 6.07) is 14.1. The lowest BCUT2D eigenvalue weighted by Crippen LogP contribution is -2.10. The summed E-state index contributed by atoms with van der Waals surface area (Å²) in [4.78, 5) is 3.06. The molecule has 0 aliphatic rings. The quantitative estimate of drug-likeness (QED) is 0.626. The first-order valence-corrected chi connectivity index (χ1v) is 7.62. The molecule has 0 aliphatic carbocycles. The fraction of sp³-hybridized carbons (Fsp3) is 0.111. The Balaban J connectivity index is 1.76. The first-order valence-electron chi connectivity index (χ1n) is 7.62. The van der Waals surface area contributed by atoms with Crippen molar-refractivity contribution in [2.75, 3.05) is 0 Å². The molecule has 0 spiro atoms. The van der Waals surface area contributed by atoms with Gasteiger partial charge in [-0.1, -0.05) is 30.3 Å². The van der Waals surface area contributed by atoms with Crippen LogP contribution in [0, 0.1) is 11.3 Å². The Kier molecular flexibility index (Phi) is 3.52. The minimum absolute atomic E-state index is 0.110. The van der Waals surface area contributed by atoms with Crippen molar-refractivity contribution >= 4 is 11.0 Å². The van der Waals surface area contributed by atoms with Gasteiger partial charge in [0.15, 0.2) is 5.65 Å². The fourth-order valence-electron chi connectivity index (χ4n) is 2.88. The smallest absolute Gasteiger partial charge is 0.160 e. The van der Waals surface area contributed by atoms with Gasteiger partial charge in [0.2, 0.25) is 0 Å². The molecule has 4 rings (SSSR count). The lowest BCUT2D eigenvalue weighted by molar-refractivity contribution is 0.532. The van der Waals surface area contributed by atoms with E-state index in [0.717, 1.165) is 27.7 Å². The molecule has 1 aromatic carbocycles. The SMILES string of the molecule is N#CC[C@@H](c1ccccc1)n1cc(-c2cnnc3[nH]ccc23)cn1. The van der Waals surface area contributed by atoms with Gasteiger partial charge in [-0.05, 0) is 11.6 Å². The number of rotatable bonds is 4. The van der Waals surface area contributed by atoms with Crippen LogP contribution in [0.3, 0.4) is 0 Å². The summed E-state index contributed by atoms with van der Waals surface area (Å²) in [5, 5.41) is 22.8. The summed E-state index contributed by atoms with van der Waals surface area (Å²) in [5.74, 6) is 0. The fourth-order valence-corrected chi connectivity index (χ4v) is 2.88. The van der Waals surface area contributed by atoms with E-state index in [-0.39, 0.29) is 6.04 Å². The van der Waals surface area contributed by atoms with Crippen LogP contribution >= 0.6 is 0 Å². The molecule has 0 saturated heterocycles. The van der Waals surface area contributed by atoms with Crippen molar-refractivity contribution in [3.63, 3.8) is 0 Å². The van der Waals surface area contributed by atoms with E-state index in [1.54, 1.807) is 12.4 Å². The Morgan fingerprint density at radius 1 is 1.17 bits per heavy atom. The largest absolute Gasteiger partial charge is 0.345 e. The zero-order valence-electron chi connectivity index (χ0n) is 12.8. The Morgan fingerprint density at radius 3 is 2.88 bits per heavy atom. The van der Waals surface area contributed by atoms with Gasteiger partial charge in [-0.2, -0.15) is 15.5 Å². The Labute approximate surface area is 138 Å². The zero-order valence-corrected chi connectivity index (χ0v) is 12.8. The number of H-pyrrole nitrogens is 1. The maximum Gasteiger partial charge on any atom is 0.160 e. The summed E-state index contributed by atoms with van der Waals surface area (Å²) in [7, 11) is 0. The number of nitrogens with one attached hydrogen (secondary N) is 1. The van der Waals surface area contributed by atoms with E-state index < -0.39 is 0 Å². The summed E-state index contributed by atoms with van der Waals surface area (Å²) < 4.78 is 1.84. The van der Waals surface area contributed by atoms with Gasteiger partial charge >= 0.3 is 0 Å². The maximum atomic E-state index is 9.18. The van der Waals surface area contributed by atoms with Gasteiger partial charge in [-0.15, -0.1) is 5.10 Å². The highest BCUT2D eigenvalue weighted by molar-refractivity contribution is 5.91. The molecule has 4 aromatic rings. The van der Waals surface area contributed by atoms with Crippen LogP contribution in [-0.2, 0) is 0 Å². The van der Waals surface area contributed by atoms with Crippen molar-refractivity contribution in [3.8, 4) is 17.2 Å². The molecule has 0 saturated carbocycles. The Morgan fingerprint density at radius 2 is 2.04 bits per heavy atom. The third-order valence-electron chi connectivity index (χ3n) is 4.06. The van der Waals surface area contributed by atoms with E-state index in [0.29, 0.717) is 6.42 Å². The Hall–Kier alpha value is -3.46. The minimum atomic E-state index is -0.110. The van der Waals surface area contributed by atoms with E-state index in [1.807, 2.05) is 53.5 Å². The first-order chi connectivity index (χ1) is 11.9. The van der Waals surface area contributed by atoms with Crippen LogP contribution in [0.1, 0.15) is 18.0 Å². The van der Waals surface area contributed by atoms with Gasteiger partial charge in [-0.25, -0.2) is 0 Å². The molecule has 6 nitrogen and oxygen atoms in total. The normalized spacial score (nSPS) is 12.1. The van der Waals surface area contributed by atoms with Crippen molar-refractivity contribution in [2.24, 2.45) is 0 Å². The molecule has 3 heterocycles. The van der Waals surface area contributed by atoms with E-state index in [2.05, 4.69) is 26.3 Å². The van der Waals surface area contributed by atoms with E-state index >= 15 is 0 Å². The van der Waals surface area contributed by atoms with Crippen molar-refractivity contribution in [1.29, 1.82) is 5.26 Å². The monoisotopic (exact) mass is 314 g/mol. The molecule has 1 atom stereocenters. The van der Waals surface area contributed by atoms with Gasteiger partial charge in [0.05, 0.1) is 30.9 Å². The lowest BCUT2D eigenvalue weighted by atomic mass is 10.0. The number of benzene rings is 1. The molecule has 1 N–H and O–H groups in total. The third-order valence-corrected chi connectivity index (χ3v) is 4.06. The minimum Gasteiger partial charge on any atom is -0.345 e. The van der Waals surface area contributed by atoms with Crippen LogP contribution in [0.2, 0.25) is 0 Å².